The molecule has 2 unspecified atom stereocenters. The molecular weight excluding hydrogens is 268 g/mol. The molecule has 0 saturated carbocycles. The highest BCUT2D eigenvalue weighted by atomic mass is 16.4. The van der Waals surface area contributed by atoms with E-state index < -0.39 is 5.97 Å². The number of carboxylic acids is 1. The largest absolute Gasteiger partial charge is 0.481 e. The Kier molecular flexibility index (Phi) is 11.7. The minimum absolute atomic E-state index is 0.118. The summed E-state index contributed by atoms with van der Waals surface area (Å²) in [6.45, 7) is 6.85. The zero-order valence-corrected chi connectivity index (χ0v) is 13.8. The Bertz CT molecular complexity index is 295. The van der Waals surface area contributed by atoms with Crippen LogP contribution in [0.25, 0.3) is 0 Å². The van der Waals surface area contributed by atoms with Gasteiger partial charge in [-0.15, -0.1) is 0 Å². The number of rotatable bonds is 12. The van der Waals surface area contributed by atoms with E-state index in [4.69, 9.17) is 5.11 Å². The van der Waals surface area contributed by atoms with Crippen LogP contribution in [-0.2, 0) is 4.79 Å². The molecule has 21 heavy (non-hydrogen) atoms. The van der Waals surface area contributed by atoms with Gasteiger partial charge in [0, 0.05) is 19.0 Å². The first kappa shape index (κ1) is 19.7. The van der Waals surface area contributed by atoms with E-state index in [1.807, 2.05) is 6.92 Å². The molecule has 124 valence electrons. The lowest BCUT2D eigenvalue weighted by Crippen LogP contribution is -2.41. The van der Waals surface area contributed by atoms with E-state index in [0.29, 0.717) is 18.9 Å². The van der Waals surface area contributed by atoms with Crippen molar-refractivity contribution in [2.75, 3.05) is 6.54 Å². The van der Waals surface area contributed by atoms with Crippen molar-refractivity contribution < 1.29 is 14.7 Å². The smallest absolute Gasteiger partial charge is 0.314 e. The van der Waals surface area contributed by atoms with Crippen molar-refractivity contribution in [3.05, 3.63) is 0 Å². The second-order valence-corrected chi connectivity index (χ2v) is 5.79. The molecular formula is C16H32N2O3. The lowest BCUT2D eigenvalue weighted by atomic mass is 9.97. The second kappa shape index (κ2) is 12.5. The molecule has 0 rings (SSSR count). The number of urea groups is 1. The molecule has 0 aliphatic carbocycles. The van der Waals surface area contributed by atoms with Crippen LogP contribution in [0.4, 0.5) is 4.79 Å². The number of aliphatic carboxylic acids is 1. The molecule has 0 aliphatic rings. The molecule has 0 fully saturated rings. The molecule has 2 amide bonds. The molecule has 3 N–H and O–H groups in total. The molecule has 0 aromatic rings. The fourth-order valence-electron chi connectivity index (χ4n) is 2.32. The number of amides is 2. The first-order valence-electron chi connectivity index (χ1n) is 8.25. The minimum Gasteiger partial charge on any atom is -0.481 e. The average Bonchev–Trinajstić information content (AvgIpc) is 2.42. The van der Waals surface area contributed by atoms with Gasteiger partial charge >= 0.3 is 12.0 Å². The molecule has 0 heterocycles. The SMILES string of the molecule is CCCCCC(C)NC(=O)NCCC(CC)CCC(=O)O. The van der Waals surface area contributed by atoms with Crippen LogP contribution in [0.15, 0.2) is 0 Å². The molecule has 0 aliphatic heterocycles. The van der Waals surface area contributed by atoms with Crippen LogP contribution in [0.1, 0.15) is 72.1 Å². The Morgan fingerprint density at radius 1 is 1.10 bits per heavy atom. The summed E-state index contributed by atoms with van der Waals surface area (Å²) in [5, 5.41) is 14.5. The predicted octanol–water partition coefficient (Wildman–Crippen LogP) is 3.54. The summed E-state index contributed by atoms with van der Waals surface area (Å²) in [5.74, 6) is -0.386. The van der Waals surface area contributed by atoms with Gasteiger partial charge in [-0.2, -0.15) is 0 Å². The quantitative estimate of drug-likeness (QED) is 0.482. The molecule has 2 atom stereocenters. The average molecular weight is 300 g/mol. The van der Waals surface area contributed by atoms with Crippen molar-refractivity contribution in [2.45, 2.75) is 78.2 Å². The number of nitrogens with one attached hydrogen (secondary N) is 2. The third kappa shape index (κ3) is 12.2. The number of unbranched alkanes of at least 4 members (excludes halogenated alkanes) is 2. The fourth-order valence-corrected chi connectivity index (χ4v) is 2.32. The molecule has 0 aromatic carbocycles. The third-order valence-electron chi connectivity index (χ3n) is 3.80. The van der Waals surface area contributed by atoms with Gasteiger partial charge < -0.3 is 15.7 Å². The number of hydrogen-bond donors (Lipinski definition) is 3. The molecule has 0 aromatic heterocycles. The summed E-state index contributed by atoms with van der Waals surface area (Å²) >= 11 is 0. The highest BCUT2D eigenvalue weighted by Crippen LogP contribution is 2.14. The Labute approximate surface area is 128 Å². The monoisotopic (exact) mass is 300 g/mol. The van der Waals surface area contributed by atoms with E-state index in [1.165, 1.54) is 12.8 Å². The van der Waals surface area contributed by atoms with Crippen molar-refractivity contribution in [1.29, 1.82) is 0 Å². The summed E-state index contributed by atoms with van der Waals surface area (Å²) < 4.78 is 0. The predicted molar refractivity (Wildman–Crippen MR) is 85.4 cm³/mol. The van der Waals surface area contributed by atoms with Gasteiger partial charge in [0.1, 0.15) is 0 Å². The zero-order valence-electron chi connectivity index (χ0n) is 13.8. The van der Waals surface area contributed by atoms with Gasteiger partial charge in [-0.1, -0.05) is 39.5 Å². The standard InChI is InChI=1S/C16H32N2O3/c1-4-6-7-8-13(3)18-16(21)17-12-11-14(5-2)9-10-15(19)20/h13-14H,4-12H2,1-3H3,(H,19,20)(H2,17,18,21). The third-order valence-corrected chi connectivity index (χ3v) is 3.80. The topological polar surface area (TPSA) is 78.4 Å². The summed E-state index contributed by atoms with van der Waals surface area (Å²) in [6, 6.07) is 0.0811. The van der Waals surface area contributed by atoms with Crippen LogP contribution >= 0.6 is 0 Å². The fraction of sp³-hybridized carbons (Fsp3) is 0.875. The molecule has 0 spiro atoms. The second-order valence-electron chi connectivity index (χ2n) is 5.79. The molecule has 5 nitrogen and oxygen atoms in total. The van der Waals surface area contributed by atoms with E-state index in [-0.39, 0.29) is 18.5 Å². The lowest BCUT2D eigenvalue weighted by molar-refractivity contribution is -0.137. The molecule has 0 radical (unpaired) electrons. The molecule has 0 saturated heterocycles. The van der Waals surface area contributed by atoms with Gasteiger partial charge in [0.15, 0.2) is 0 Å². The van der Waals surface area contributed by atoms with Gasteiger partial charge in [-0.3, -0.25) is 4.79 Å². The van der Waals surface area contributed by atoms with Gasteiger partial charge in [0.05, 0.1) is 0 Å². The van der Waals surface area contributed by atoms with Gasteiger partial charge in [0.25, 0.3) is 0 Å². The summed E-state index contributed by atoms with van der Waals surface area (Å²) in [6.07, 6.45) is 7.22. The van der Waals surface area contributed by atoms with E-state index in [2.05, 4.69) is 24.5 Å². The van der Waals surface area contributed by atoms with Crippen molar-refractivity contribution in [1.82, 2.24) is 10.6 Å². The van der Waals surface area contributed by atoms with Crippen molar-refractivity contribution in [3.63, 3.8) is 0 Å². The van der Waals surface area contributed by atoms with Gasteiger partial charge in [0.2, 0.25) is 0 Å². The lowest BCUT2D eigenvalue weighted by Gasteiger charge is -2.16. The van der Waals surface area contributed by atoms with E-state index in [1.54, 1.807) is 0 Å². The van der Waals surface area contributed by atoms with Crippen LogP contribution < -0.4 is 10.6 Å². The highest BCUT2D eigenvalue weighted by Gasteiger charge is 2.10. The number of carboxylic acid groups (broad SMARTS) is 1. The van der Waals surface area contributed by atoms with E-state index >= 15 is 0 Å². The highest BCUT2D eigenvalue weighted by molar-refractivity contribution is 5.74. The van der Waals surface area contributed by atoms with Crippen molar-refractivity contribution in [3.8, 4) is 0 Å². The van der Waals surface area contributed by atoms with E-state index in [9.17, 15) is 9.59 Å². The van der Waals surface area contributed by atoms with Crippen LogP contribution in [0.5, 0.6) is 0 Å². The Morgan fingerprint density at radius 2 is 1.81 bits per heavy atom. The van der Waals surface area contributed by atoms with E-state index in [0.717, 1.165) is 25.7 Å². The molecule has 0 bridgehead atoms. The maximum Gasteiger partial charge on any atom is 0.314 e. The number of carbonyl (C=O) groups excluding carboxylic acids is 1. The van der Waals surface area contributed by atoms with Crippen LogP contribution in [0.2, 0.25) is 0 Å². The first-order valence-corrected chi connectivity index (χ1v) is 8.25. The maximum atomic E-state index is 11.7. The number of hydrogen-bond acceptors (Lipinski definition) is 2. The van der Waals surface area contributed by atoms with Crippen LogP contribution in [-0.4, -0.2) is 29.7 Å². The first-order chi connectivity index (χ1) is 9.99. The minimum atomic E-state index is -0.750. The van der Waals surface area contributed by atoms with Crippen LogP contribution in [0, 0.1) is 5.92 Å². The normalized spacial score (nSPS) is 13.5. The summed E-state index contributed by atoms with van der Waals surface area (Å²) in [4.78, 5) is 22.3. The van der Waals surface area contributed by atoms with Gasteiger partial charge in [-0.05, 0) is 32.1 Å². The number of carbonyl (C=O) groups is 2. The Balaban J connectivity index is 3.73. The molecule has 5 heteroatoms. The summed E-state index contributed by atoms with van der Waals surface area (Å²) in [7, 11) is 0. The van der Waals surface area contributed by atoms with Crippen molar-refractivity contribution >= 4 is 12.0 Å². The zero-order chi connectivity index (χ0) is 16.1. The maximum absolute atomic E-state index is 11.7. The summed E-state index contributed by atoms with van der Waals surface area (Å²) in [5.41, 5.74) is 0. The van der Waals surface area contributed by atoms with Crippen molar-refractivity contribution in [2.24, 2.45) is 5.92 Å². The van der Waals surface area contributed by atoms with Gasteiger partial charge in [-0.25, -0.2) is 4.79 Å². The Hall–Kier alpha value is -1.26. The van der Waals surface area contributed by atoms with Crippen LogP contribution in [0.3, 0.4) is 0 Å². The Morgan fingerprint density at radius 3 is 2.38 bits per heavy atom.